The fourth-order valence-electron chi connectivity index (χ4n) is 3.15. The molecule has 132 valence electrons. The van der Waals surface area contributed by atoms with Gasteiger partial charge in [-0.3, -0.25) is 13.9 Å². The number of aryl methyl sites for hydroxylation is 3. The first kappa shape index (κ1) is 16.1. The van der Waals surface area contributed by atoms with Crippen LogP contribution in [-0.4, -0.2) is 24.4 Å². The number of nitrogens with one attached hydrogen (secondary N) is 1. The van der Waals surface area contributed by atoms with Crippen molar-refractivity contribution >= 4 is 22.6 Å². The molecule has 7 nitrogen and oxygen atoms in total. The van der Waals surface area contributed by atoms with Gasteiger partial charge in [0.25, 0.3) is 5.91 Å². The lowest BCUT2D eigenvalue weighted by Gasteiger charge is -2.04. The second-order valence-corrected chi connectivity index (χ2v) is 6.50. The molecule has 0 radical (unpaired) electrons. The smallest absolute Gasteiger partial charge is 0.328 e. The average Bonchev–Trinajstić information content (AvgIpc) is 3.15. The van der Waals surface area contributed by atoms with Crippen molar-refractivity contribution in [2.45, 2.75) is 13.5 Å². The Labute approximate surface area is 149 Å². The lowest BCUT2D eigenvalue weighted by molar-refractivity contribution is 0.0946. The standard InChI is InChI=1S/C19H19N5O2/c1-12-4-7-17-21-14(11-24(17)10-12)18(25)20-9-13-5-6-15-16(8-13)23(3)19(26)22(15)2/h4-8,10-11H,9H2,1-3H3,(H,20,25). The number of aromatic nitrogens is 4. The SMILES string of the molecule is Cc1ccc2nc(C(=O)NCc3ccc4c(c3)n(C)c(=O)n4C)cn2c1. The molecule has 0 saturated heterocycles. The van der Waals surface area contributed by atoms with E-state index in [-0.39, 0.29) is 11.6 Å². The maximum atomic E-state index is 12.4. The minimum atomic E-state index is -0.228. The van der Waals surface area contributed by atoms with Gasteiger partial charge in [-0.2, -0.15) is 0 Å². The molecular formula is C19H19N5O2. The summed E-state index contributed by atoms with van der Waals surface area (Å²) >= 11 is 0. The van der Waals surface area contributed by atoms with Gasteiger partial charge in [0, 0.05) is 33.0 Å². The van der Waals surface area contributed by atoms with E-state index in [1.54, 1.807) is 29.4 Å². The van der Waals surface area contributed by atoms with Crippen LogP contribution in [0.1, 0.15) is 21.6 Å². The highest BCUT2D eigenvalue weighted by atomic mass is 16.2. The molecule has 0 aliphatic carbocycles. The Morgan fingerprint density at radius 2 is 1.85 bits per heavy atom. The van der Waals surface area contributed by atoms with Crippen LogP contribution in [0.25, 0.3) is 16.7 Å². The predicted molar refractivity (Wildman–Crippen MR) is 99.3 cm³/mol. The summed E-state index contributed by atoms with van der Waals surface area (Å²) in [7, 11) is 3.49. The van der Waals surface area contributed by atoms with Crippen molar-refractivity contribution in [3.63, 3.8) is 0 Å². The molecule has 3 heterocycles. The zero-order valence-electron chi connectivity index (χ0n) is 14.9. The van der Waals surface area contributed by atoms with Gasteiger partial charge in [-0.1, -0.05) is 12.1 Å². The Hall–Kier alpha value is -3.35. The molecule has 1 amide bonds. The summed E-state index contributed by atoms with van der Waals surface area (Å²) in [5.41, 5.74) is 4.78. The maximum Gasteiger partial charge on any atom is 0.328 e. The maximum absolute atomic E-state index is 12.4. The highest BCUT2D eigenvalue weighted by molar-refractivity contribution is 5.92. The van der Waals surface area contributed by atoms with Gasteiger partial charge < -0.3 is 9.72 Å². The number of nitrogens with zero attached hydrogens (tertiary/aromatic N) is 4. The van der Waals surface area contributed by atoms with Gasteiger partial charge in [0.2, 0.25) is 0 Å². The predicted octanol–water partition coefficient (Wildman–Crippen LogP) is 1.76. The van der Waals surface area contributed by atoms with Crippen LogP contribution >= 0.6 is 0 Å². The first-order chi connectivity index (χ1) is 12.4. The number of carbonyl (C=O) groups is 1. The third-order valence-electron chi connectivity index (χ3n) is 4.62. The zero-order valence-corrected chi connectivity index (χ0v) is 14.9. The molecule has 3 aromatic heterocycles. The van der Waals surface area contributed by atoms with E-state index in [1.807, 2.05) is 47.9 Å². The molecule has 0 unspecified atom stereocenters. The normalized spacial score (nSPS) is 11.3. The van der Waals surface area contributed by atoms with Crippen molar-refractivity contribution in [1.82, 2.24) is 23.8 Å². The number of carbonyl (C=O) groups excluding carboxylic acids is 1. The van der Waals surface area contributed by atoms with E-state index >= 15 is 0 Å². The third kappa shape index (κ3) is 2.57. The van der Waals surface area contributed by atoms with Crippen LogP contribution in [0.15, 0.2) is 47.5 Å². The summed E-state index contributed by atoms with van der Waals surface area (Å²) in [6.07, 6.45) is 3.66. The largest absolute Gasteiger partial charge is 0.347 e. The molecule has 0 saturated carbocycles. The number of pyridine rings is 1. The first-order valence-electron chi connectivity index (χ1n) is 8.32. The van der Waals surface area contributed by atoms with Gasteiger partial charge in [0.1, 0.15) is 11.3 Å². The molecule has 0 fully saturated rings. The molecule has 0 aliphatic rings. The Balaban J connectivity index is 1.56. The Morgan fingerprint density at radius 3 is 2.65 bits per heavy atom. The minimum Gasteiger partial charge on any atom is -0.347 e. The fourth-order valence-corrected chi connectivity index (χ4v) is 3.15. The second-order valence-electron chi connectivity index (χ2n) is 6.50. The molecule has 1 aromatic carbocycles. The molecule has 4 aromatic rings. The van der Waals surface area contributed by atoms with Crippen LogP contribution in [0.2, 0.25) is 0 Å². The van der Waals surface area contributed by atoms with Crippen molar-refractivity contribution < 1.29 is 4.79 Å². The van der Waals surface area contributed by atoms with Crippen LogP contribution in [0.5, 0.6) is 0 Å². The highest BCUT2D eigenvalue weighted by Crippen LogP contribution is 2.14. The number of hydrogen-bond acceptors (Lipinski definition) is 3. The average molecular weight is 349 g/mol. The van der Waals surface area contributed by atoms with Gasteiger partial charge >= 0.3 is 5.69 Å². The second kappa shape index (κ2) is 5.87. The van der Waals surface area contributed by atoms with E-state index in [0.717, 1.165) is 27.8 Å². The first-order valence-corrected chi connectivity index (χ1v) is 8.32. The fraction of sp³-hybridized carbons (Fsp3) is 0.211. The summed E-state index contributed by atoms with van der Waals surface area (Å²) in [6.45, 7) is 2.36. The topological polar surface area (TPSA) is 73.3 Å². The zero-order chi connectivity index (χ0) is 18.4. The van der Waals surface area contributed by atoms with Crippen molar-refractivity contribution in [2.75, 3.05) is 0 Å². The third-order valence-corrected chi connectivity index (χ3v) is 4.62. The molecule has 4 rings (SSSR count). The van der Waals surface area contributed by atoms with Crippen LogP contribution in [0, 0.1) is 6.92 Å². The quantitative estimate of drug-likeness (QED) is 0.613. The lowest BCUT2D eigenvalue weighted by atomic mass is 10.2. The summed E-state index contributed by atoms with van der Waals surface area (Å²) in [5.74, 6) is -0.228. The van der Waals surface area contributed by atoms with E-state index in [1.165, 1.54) is 0 Å². The highest BCUT2D eigenvalue weighted by Gasteiger charge is 2.12. The van der Waals surface area contributed by atoms with Crippen LogP contribution in [0.3, 0.4) is 0 Å². The monoisotopic (exact) mass is 349 g/mol. The lowest BCUT2D eigenvalue weighted by Crippen LogP contribution is -2.23. The number of hydrogen-bond donors (Lipinski definition) is 1. The Bertz CT molecular complexity index is 1210. The summed E-state index contributed by atoms with van der Waals surface area (Å²) in [4.78, 5) is 28.8. The van der Waals surface area contributed by atoms with Gasteiger partial charge in [0.05, 0.1) is 11.0 Å². The molecule has 0 atom stereocenters. The summed E-state index contributed by atoms with van der Waals surface area (Å²) < 4.78 is 5.05. The van der Waals surface area contributed by atoms with Crippen molar-refractivity contribution in [3.05, 3.63) is 70.0 Å². The van der Waals surface area contributed by atoms with Crippen molar-refractivity contribution in [2.24, 2.45) is 14.1 Å². The molecular weight excluding hydrogens is 330 g/mol. The van der Waals surface area contributed by atoms with E-state index in [4.69, 9.17) is 0 Å². The molecule has 26 heavy (non-hydrogen) atoms. The molecule has 0 aliphatic heterocycles. The molecule has 7 heteroatoms. The molecule has 1 N–H and O–H groups in total. The van der Waals surface area contributed by atoms with Crippen molar-refractivity contribution in [1.29, 1.82) is 0 Å². The van der Waals surface area contributed by atoms with E-state index in [2.05, 4.69) is 10.3 Å². The number of benzene rings is 1. The van der Waals surface area contributed by atoms with E-state index < -0.39 is 0 Å². The number of fused-ring (bicyclic) bond motifs is 2. The van der Waals surface area contributed by atoms with Gasteiger partial charge in [0.15, 0.2) is 0 Å². The van der Waals surface area contributed by atoms with Crippen LogP contribution in [-0.2, 0) is 20.6 Å². The molecule has 0 spiro atoms. The molecule has 0 bridgehead atoms. The van der Waals surface area contributed by atoms with E-state index in [0.29, 0.717) is 12.2 Å². The van der Waals surface area contributed by atoms with Gasteiger partial charge in [-0.05, 0) is 36.2 Å². The summed E-state index contributed by atoms with van der Waals surface area (Å²) in [5, 5.41) is 2.89. The van der Waals surface area contributed by atoms with Gasteiger partial charge in [-0.25, -0.2) is 9.78 Å². The number of imidazole rings is 2. The Morgan fingerprint density at radius 1 is 1.08 bits per heavy atom. The van der Waals surface area contributed by atoms with Crippen molar-refractivity contribution in [3.8, 4) is 0 Å². The Kier molecular flexibility index (Phi) is 3.64. The number of amides is 1. The van der Waals surface area contributed by atoms with Crippen LogP contribution in [0.4, 0.5) is 0 Å². The summed E-state index contributed by atoms with van der Waals surface area (Å²) in [6, 6.07) is 9.57. The number of rotatable bonds is 3. The van der Waals surface area contributed by atoms with Crippen LogP contribution < -0.4 is 11.0 Å². The van der Waals surface area contributed by atoms with Gasteiger partial charge in [-0.15, -0.1) is 0 Å². The minimum absolute atomic E-state index is 0.0684. The van der Waals surface area contributed by atoms with E-state index in [9.17, 15) is 9.59 Å².